The molecule has 0 aliphatic carbocycles. The third kappa shape index (κ3) is 4.12. The molecule has 1 heterocycles. The monoisotopic (exact) mass is 353 g/mol. The molecule has 5 heteroatoms. The first kappa shape index (κ1) is 17.3. The molecule has 0 saturated carbocycles. The quantitative estimate of drug-likeness (QED) is 0.735. The Labute approximate surface area is 151 Å². The molecule has 0 spiro atoms. The summed E-state index contributed by atoms with van der Waals surface area (Å²) in [7, 11) is 0. The van der Waals surface area contributed by atoms with Crippen LogP contribution in [0.5, 0.6) is 5.75 Å². The molecule has 1 fully saturated rings. The van der Waals surface area contributed by atoms with Crippen molar-refractivity contribution in [2.45, 2.75) is 20.4 Å². The number of rotatable bonds is 5. The number of imide groups is 1. The van der Waals surface area contributed by atoms with Gasteiger partial charge in [-0.2, -0.15) is 0 Å². The first-order valence-electron chi connectivity index (χ1n) is 8.10. The van der Waals surface area contributed by atoms with E-state index >= 15 is 0 Å². The van der Waals surface area contributed by atoms with Gasteiger partial charge >= 0.3 is 0 Å². The van der Waals surface area contributed by atoms with Crippen LogP contribution in [0.3, 0.4) is 0 Å². The molecular weight excluding hydrogens is 334 g/mol. The summed E-state index contributed by atoms with van der Waals surface area (Å²) >= 11 is 0.977. The van der Waals surface area contributed by atoms with E-state index in [0.717, 1.165) is 34.2 Å². The van der Waals surface area contributed by atoms with Crippen molar-refractivity contribution >= 4 is 29.0 Å². The van der Waals surface area contributed by atoms with Gasteiger partial charge < -0.3 is 4.74 Å². The van der Waals surface area contributed by atoms with Crippen LogP contribution in [0.2, 0.25) is 0 Å². The molecule has 1 aliphatic heterocycles. The minimum Gasteiger partial charge on any atom is -0.494 e. The van der Waals surface area contributed by atoms with Crippen molar-refractivity contribution in [2.24, 2.45) is 0 Å². The average molecular weight is 353 g/mol. The Bertz CT molecular complexity index is 844. The van der Waals surface area contributed by atoms with E-state index in [-0.39, 0.29) is 11.1 Å². The summed E-state index contributed by atoms with van der Waals surface area (Å²) in [5.41, 5.74) is 2.89. The van der Waals surface area contributed by atoms with Gasteiger partial charge in [0, 0.05) is 0 Å². The molecule has 1 saturated heterocycles. The van der Waals surface area contributed by atoms with Crippen molar-refractivity contribution in [3.05, 3.63) is 70.1 Å². The number of amides is 2. The highest BCUT2D eigenvalue weighted by atomic mass is 32.2. The molecule has 2 amide bonds. The number of carbonyl (C=O) groups excluding carboxylic acids is 2. The standard InChI is InChI=1S/C20H19NO3S/c1-3-24-17-9-5-7-15(11-17)12-18-19(22)21(20(23)25-18)13-16-8-4-6-14(2)10-16/h4-12H,3,13H2,1-2H3/b18-12-. The van der Waals surface area contributed by atoms with Gasteiger partial charge in [-0.05, 0) is 54.9 Å². The Hall–Kier alpha value is -2.53. The van der Waals surface area contributed by atoms with Gasteiger partial charge in [0.05, 0.1) is 18.1 Å². The number of benzene rings is 2. The molecule has 3 rings (SSSR count). The number of thioether (sulfide) groups is 1. The van der Waals surface area contributed by atoms with Crippen LogP contribution in [0.1, 0.15) is 23.6 Å². The highest BCUT2D eigenvalue weighted by Crippen LogP contribution is 2.33. The normalized spacial score (nSPS) is 15.9. The Morgan fingerprint density at radius 2 is 1.92 bits per heavy atom. The first-order chi connectivity index (χ1) is 12.1. The molecule has 2 aromatic carbocycles. The predicted octanol–water partition coefficient (Wildman–Crippen LogP) is 4.63. The zero-order valence-corrected chi connectivity index (χ0v) is 15.0. The van der Waals surface area contributed by atoms with E-state index in [4.69, 9.17) is 4.74 Å². The first-order valence-corrected chi connectivity index (χ1v) is 8.92. The molecule has 0 radical (unpaired) electrons. The maximum absolute atomic E-state index is 12.6. The fourth-order valence-electron chi connectivity index (χ4n) is 2.64. The van der Waals surface area contributed by atoms with Crippen molar-refractivity contribution in [3.63, 3.8) is 0 Å². The van der Waals surface area contributed by atoms with Gasteiger partial charge in [-0.1, -0.05) is 42.0 Å². The van der Waals surface area contributed by atoms with Crippen molar-refractivity contribution in [2.75, 3.05) is 6.61 Å². The molecule has 0 atom stereocenters. The lowest BCUT2D eigenvalue weighted by Gasteiger charge is -2.12. The third-order valence-electron chi connectivity index (χ3n) is 3.76. The summed E-state index contributed by atoms with van der Waals surface area (Å²) in [6.07, 6.45) is 1.74. The summed E-state index contributed by atoms with van der Waals surface area (Å²) in [5, 5.41) is -0.237. The predicted molar refractivity (Wildman–Crippen MR) is 100 cm³/mol. The summed E-state index contributed by atoms with van der Waals surface area (Å²) in [6, 6.07) is 15.3. The van der Waals surface area contributed by atoms with Crippen molar-refractivity contribution in [3.8, 4) is 5.75 Å². The zero-order chi connectivity index (χ0) is 17.8. The Kier molecular flexibility index (Phi) is 5.24. The minimum atomic E-state index is -0.252. The summed E-state index contributed by atoms with van der Waals surface area (Å²) in [5.74, 6) is 0.494. The molecule has 128 valence electrons. The second kappa shape index (κ2) is 7.57. The van der Waals surface area contributed by atoms with Crippen LogP contribution >= 0.6 is 11.8 Å². The molecule has 1 aliphatic rings. The van der Waals surface area contributed by atoms with E-state index in [1.54, 1.807) is 6.08 Å². The van der Waals surface area contributed by atoms with E-state index in [1.807, 2.05) is 62.4 Å². The molecule has 2 aromatic rings. The van der Waals surface area contributed by atoms with Crippen molar-refractivity contribution < 1.29 is 14.3 Å². The van der Waals surface area contributed by atoms with Gasteiger partial charge in [0.25, 0.3) is 11.1 Å². The molecule has 4 nitrogen and oxygen atoms in total. The molecule has 25 heavy (non-hydrogen) atoms. The zero-order valence-electron chi connectivity index (χ0n) is 14.2. The summed E-state index contributed by atoms with van der Waals surface area (Å²) in [6.45, 7) is 4.78. The van der Waals surface area contributed by atoms with Gasteiger partial charge in [0.1, 0.15) is 5.75 Å². The lowest BCUT2D eigenvalue weighted by atomic mass is 10.1. The van der Waals surface area contributed by atoms with Crippen LogP contribution < -0.4 is 4.74 Å². The molecule has 0 bridgehead atoms. The minimum absolute atomic E-state index is 0.237. The van der Waals surface area contributed by atoms with E-state index in [0.29, 0.717) is 18.1 Å². The average Bonchev–Trinajstić information content (AvgIpc) is 2.83. The van der Waals surface area contributed by atoms with Gasteiger partial charge in [0.15, 0.2) is 0 Å². The molecule has 0 aromatic heterocycles. The lowest BCUT2D eigenvalue weighted by Crippen LogP contribution is -2.27. The number of hydrogen-bond donors (Lipinski definition) is 0. The third-order valence-corrected chi connectivity index (χ3v) is 4.67. The van der Waals surface area contributed by atoms with E-state index in [2.05, 4.69) is 0 Å². The van der Waals surface area contributed by atoms with Gasteiger partial charge in [-0.3, -0.25) is 14.5 Å². The fraction of sp³-hybridized carbons (Fsp3) is 0.200. The topological polar surface area (TPSA) is 46.6 Å². The second-order valence-electron chi connectivity index (χ2n) is 5.76. The van der Waals surface area contributed by atoms with Crippen LogP contribution in [0.4, 0.5) is 4.79 Å². The van der Waals surface area contributed by atoms with Crippen LogP contribution in [0.15, 0.2) is 53.4 Å². The largest absolute Gasteiger partial charge is 0.494 e. The molecular formula is C20H19NO3S. The van der Waals surface area contributed by atoms with E-state index < -0.39 is 0 Å². The van der Waals surface area contributed by atoms with Gasteiger partial charge in [-0.25, -0.2) is 0 Å². The van der Waals surface area contributed by atoms with Gasteiger partial charge in [0.2, 0.25) is 0 Å². The van der Waals surface area contributed by atoms with Crippen LogP contribution in [-0.4, -0.2) is 22.7 Å². The van der Waals surface area contributed by atoms with E-state index in [1.165, 1.54) is 4.90 Å². The van der Waals surface area contributed by atoms with Crippen molar-refractivity contribution in [1.29, 1.82) is 0 Å². The van der Waals surface area contributed by atoms with Crippen LogP contribution in [0.25, 0.3) is 6.08 Å². The number of aryl methyl sites for hydroxylation is 1. The summed E-state index contributed by atoms with van der Waals surface area (Å²) < 4.78 is 5.47. The van der Waals surface area contributed by atoms with Crippen molar-refractivity contribution in [1.82, 2.24) is 4.90 Å². The highest BCUT2D eigenvalue weighted by Gasteiger charge is 2.34. The Balaban J connectivity index is 1.79. The number of carbonyl (C=O) groups is 2. The fourth-order valence-corrected chi connectivity index (χ4v) is 3.48. The number of nitrogens with zero attached hydrogens (tertiary/aromatic N) is 1. The maximum atomic E-state index is 12.6. The van der Waals surface area contributed by atoms with Crippen LogP contribution in [-0.2, 0) is 11.3 Å². The SMILES string of the molecule is CCOc1cccc(/C=C2\SC(=O)N(Cc3cccc(C)c3)C2=O)c1. The highest BCUT2D eigenvalue weighted by molar-refractivity contribution is 8.18. The number of ether oxygens (including phenoxy) is 1. The number of hydrogen-bond acceptors (Lipinski definition) is 4. The smallest absolute Gasteiger partial charge is 0.293 e. The Morgan fingerprint density at radius 1 is 1.12 bits per heavy atom. The Morgan fingerprint density at radius 3 is 2.68 bits per heavy atom. The van der Waals surface area contributed by atoms with Crippen LogP contribution in [0, 0.1) is 6.92 Å². The molecule has 0 unspecified atom stereocenters. The lowest BCUT2D eigenvalue weighted by molar-refractivity contribution is -0.123. The van der Waals surface area contributed by atoms with Gasteiger partial charge in [-0.15, -0.1) is 0 Å². The maximum Gasteiger partial charge on any atom is 0.293 e. The summed E-state index contributed by atoms with van der Waals surface area (Å²) in [4.78, 5) is 26.6. The second-order valence-corrected chi connectivity index (χ2v) is 6.76. The molecule has 0 N–H and O–H groups in total. The van der Waals surface area contributed by atoms with E-state index in [9.17, 15) is 9.59 Å².